The molecule has 4 bridgehead atoms. The van der Waals surface area contributed by atoms with E-state index in [-0.39, 0.29) is 17.0 Å². The molecule has 6 rings (SSSR count). The van der Waals surface area contributed by atoms with Crippen LogP contribution in [0.25, 0.3) is 0 Å². The lowest BCUT2D eigenvalue weighted by atomic mass is 9.46. The van der Waals surface area contributed by atoms with Crippen LogP contribution in [0.3, 0.4) is 0 Å². The maximum absolute atomic E-state index is 13.7. The molecule has 164 valence electrons. The largest absolute Gasteiger partial charge is 0.365 e. The average molecular weight is 489 g/mol. The normalized spacial score (nSPS) is 31.1. The second kappa shape index (κ2) is 6.75. The van der Waals surface area contributed by atoms with Crippen molar-refractivity contribution in [2.24, 2.45) is 23.0 Å². The minimum atomic E-state index is -0.795. The topological polar surface area (TPSA) is 125 Å². The minimum absolute atomic E-state index is 0.0969. The van der Waals surface area contributed by atoms with Crippen molar-refractivity contribution in [3.63, 3.8) is 0 Å². The third kappa shape index (κ3) is 3.06. The lowest BCUT2D eigenvalue weighted by molar-refractivity contribution is -0.151. The summed E-state index contributed by atoms with van der Waals surface area (Å²) in [4.78, 5) is 42.6. The molecule has 2 amide bonds. The Bertz CT molecular complexity index is 1150. The van der Waals surface area contributed by atoms with E-state index in [0.717, 1.165) is 32.1 Å². The molecule has 2 aromatic rings. The van der Waals surface area contributed by atoms with Crippen LogP contribution in [0.15, 0.2) is 21.9 Å². The van der Waals surface area contributed by atoms with E-state index in [1.807, 2.05) is 4.68 Å². The van der Waals surface area contributed by atoms with Crippen LogP contribution in [0.2, 0.25) is 0 Å². The Morgan fingerprint density at radius 2 is 1.90 bits per heavy atom. The third-order valence-electron chi connectivity index (χ3n) is 7.51. The zero-order valence-electron chi connectivity index (χ0n) is 17.5. The number of carbonyl (C=O) groups excluding carboxylic acids is 2. The molecule has 31 heavy (non-hydrogen) atoms. The van der Waals surface area contributed by atoms with Gasteiger partial charge in [0.15, 0.2) is 0 Å². The van der Waals surface area contributed by atoms with Crippen LogP contribution in [0, 0.1) is 31.1 Å². The van der Waals surface area contributed by atoms with Crippen LogP contribution < -0.4 is 16.7 Å². The van der Waals surface area contributed by atoms with Crippen molar-refractivity contribution in [3.05, 3.63) is 44.3 Å². The van der Waals surface area contributed by atoms with Gasteiger partial charge in [-0.05, 0) is 91.8 Å². The van der Waals surface area contributed by atoms with Gasteiger partial charge in [-0.1, -0.05) is 0 Å². The second-order valence-corrected chi connectivity index (χ2v) is 10.4. The second-order valence-electron chi connectivity index (χ2n) is 9.71. The van der Waals surface area contributed by atoms with Gasteiger partial charge in [0.25, 0.3) is 11.5 Å². The summed E-state index contributed by atoms with van der Waals surface area (Å²) in [6, 6.07) is 1.69. The summed E-state index contributed by atoms with van der Waals surface area (Å²) in [6.45, 7) is 3.40. The fraction of sp³-hybridized carbons (Fsp3) is 0.571. The van der Waals surface area contributed by atoms with E-state index in [9.17, 15) is 14.4 Å². The summed E-state index contributed by atoms with van der Waals surface area (Å²) in [5, 5.41) is 4.53. The molecule has 2 aromatic heterocycles. The molecule has 4 fully saturated rings. The molecule has 4 aliphatic rings. The molecular formula is C21H25BrN6O3. The highest BCUT2D eigenvalue weighted by atomic mass is 79.9. The van der Waals surface area contributed by atoms with Gasteiger partial charge in [0.05, 0.1) is 11.0 Å². The Labute approximate surface area is 187 Å². The molecule has 9 nitrogen and oxygen atoms in total. The SMILES string of the molecule is Cc1cc(C)n(NC(=O)C23C[C@H]4C[C@H](C2)CC(n2cnc(Br)n2)(C4)C3)c(=O)c1C(N)=O. The van der Waals surface area contributed by atoms with Crippen molar-refractivity contribution >= 4 is 27.7 Å². The lowest BCUT2D eigenvalue weighted by Gasteiger charge is -2.60. The number of amides is 2. The average Bonchev–Trinajstić information content (AvgIpc) is 3.10. The quantitative estimate of drug-likeness (QED) is 0.680. The monoisotopic (exact) mass is 488 g/mol. The lowest BCUT2D eigenvalue weighted by Crippen LogP contribution is -2.61. The summed E-state index contributed by atoms with van der Waals surface area (Å²) >= 11 is 3.34. The van der Waals surface area contributed by atoms with Crippen LogP contribution >= 0.6 is 15.9 Å². The molecule has 0 saturated heterocycles. The minimum Gasteiger partial charge on any atom is -0.365 e. The zero-order valence-corrected chi connectivity index (χ0v) is 19.1. The van der Waals surface area contributed by atoms with Gasteiger partial charge in [0, 0.05) is 5.69 Å². The molecular weight excluding hydrogens is 464 g/mol. The number of hydrogen-bond acceptors (Lipinski definition) is 5. The standard InChI is InChI=1S/C21H25BrN6O3/c1-11-3-12(2)28(17(30)15(11)16(23)29)25-18(31)20-5-13-4-14(6-20)8-21(7-13,9-20)27-10-24-19(22)26-27/h3,10,13-14H,4-9H2,1-2H3,(H2,23,29)(H,25,31)/t13-,14-,20?,21?/m1/s1. The van der Waals surface area contributed by atoms with E-state index < -0.39 is 16.9 Å². The van der Waals surface area contributed by atoms with Crippen molar-refractivity contribution in [3.8, 4) is 0 Å². The van der Waals surface area contributed by atoms with Gasteiger partial charge >= 0.3 is 0 Å². The molecule has 2 atom stereocenters. The number of aryl methyl sites for hydroxylation is 2. The van der Waals surface area contributed by atoms with Gasteiger partial charge in [0.1, 0.15) is 11.9 Å². The number of nitrogens with zero attached hydrogens (tertiary/aromatic N) is 4. The summed E-state index contributed by atoms with van der Waals surface area (Å²) in [5.41, 5.74) is 7.82. The van der Waals surface area contributed by atoms with Crippen LogP contribution in [0.1, 0.15) is 60.1 Å². The first-order chi connectivity index (χ1) is 14.6. The molecule has 0 unspecified atom stereocenters. The molecule has 4 aliphatic carbocycles. The third-order valence-corrected chi connectivity index (χ3v) is 7.87. The number of rotatable bonds is 4. The van der Waals surface area contributed by atoms with E-state index in [1.54, 1.807) is 26.2 Å². The number of aromatic nitrogens is 4. The zero-order chi connectivity index (χ0) is 22.1. The van der Waals surface area contributed by atoms with E-state index >= 15 is 0 Å². The maximum Gasteiger partial charge on any atom is 0.282 e. The Morgan fingerprint density at radius 1 is 1.23 bits per heavy atom. The van der Waals surface area contributed by atoms with Gasteiger partial charge < -0.3 is 5.73 Å². The fourth-order valence-corrected chi connectivity index (χ4v) is 7.03. The number of pyridine rings is 1. The number of hydrogen-bond donors (Lipinski definition) is 2. The molecule has 0 spiro atoms. The molecule has 0 radical (unpaired) electrons. The highest BCUT2D eigenvalue weighted by Crippen LogP contribution is 2.64. The van der Waals surface area contributed by atoms with Crippen molar-refractivity contribution < 1.29 is 9.59 Å². The molecule has 10 heteroatoms. The number of carbonyl (C=O) groups is 2. The molecule has 4 saturated carbocycles. The van der Waals surface area contributed by atoms with E-state index in [0.29, 0.717) is 34.2 Å². The first-order valence-electron chi connectivity index (χ1n) is 10.5. The number of nitrogens with one attached hydrogen (secondary N) is 1. The van der Waals surface area contributed by atoms with Crippen molar-refractivity contribution in [1.82, 2.24) is 19.4 Å². The Kier molecular flexibility index (Phi) is 4.45. The predicted molar refractivity (Wildman–Crippen MR) is 116 cm³/mol. The Hall–Kier alpha value is -2.49. The van der Waals surface area contributed by atoms with Crippen LogP contribution in [-0.4, -0.2) is 31.3 Å². The number of nitrogens with two attached hydrogens (primary N) is 1. The molecule has 0 aromatic carbocycles. The van der Waals surface area contributed by atoms with Gasteiger partial charge in [-0.25, -0.2) is 14.3 Å². The van der Waals surface area contributed by atoms with E-state index in [1.165, 1.54) is 4.68 Å². The summed E-state index contributed by atoms with van der Waals surface area (Å²) in [6.07, 6.45) is 7.12. The predicted octanol–water partition coefficient (Wildman–Crippen LogP) is 1.98. The molecule has 0 aliphatic heterocycles. The van der Waals surface area contributed by atoms with Crippen LogP contribution in [0.4, 0.5) is 0 Å². The summed E-state index contributed by atoms with van der Waals surface area (Å²) in [5.74, 6) is -0.0929. The van der Waals surface area contributed by atoms with Gasteiger partial charge in [-0.3, -0.25) is 19.8 Å². The van der Waals surface area contributed by atoms with Gasteiger partial charge in [-0.15, -0.1) is 5.10 Å². The fourth-order valence-electron chi connectivity index (χ4n) is 6.77. The van der Waals surface area contributed by atoms with E-state index in [2.05, 4.69) is 31.4 Å². The summed E-state index contributed by atoms with van der Waals surface area (Å²) in [7, 11) is 0. The van der Waals surface area contributed by atoms with E-state index in [4.69, 9.17) is 5.73 Å². The Morgan fingerprint density at radius 3 is 2.48 bits per heavy atom. The molecule has 3 N–H and O–H groups in total. The van der Waals surface area contributed by atoms with Crippen molar-refractivity contribution in [1.29, 1.82) is 0 Å². The van der Waals surface area contributed by atoms with Gasteiger partial charge in [0.2, 0.25) is 10.6 Å². The maximum atomic E-state index is 13.7. The highest BCUT2D eigenvalue weighted by Gasteiger charge is 2.62. The smallest absolute Gasteiger partial charge is 0.282 e. The first-order valence-corrected chi connectivity index (χ1v) is 11.3. The van der Waals surface area contributed by atoms with Crippen LogP contribution in [-0.2, 0) is 10.3 Å². The molecule has 2 heterocycles. The van der Waals surface area contributed by atoms with Crippen molar-refractivity contribution in [2.75, 3.05) is 5.43 Å². The van der Waals surface area contributed by atoms with Crippen LogP contribution in [0.5, 0.6) is 0 Å². The van der Waals surface area contributed by atoms with Crippen molar-refractivity contribution in [2.45, 2.75) is 57.9 Å². The van der Waals surface area contributed by atoms with Gasteiger partial charge in [-0.2, -0.15) is 0 Å². The summed E-state index contributed by atoms with van der Waals surface area (Å²) < 4.78 is 3.65. The number of halogens is 1. The Balaban J connectivity index is 1.51. The first kappa shape index (κ1) is 20.4. The number of primary amides is 1. The highest BCUT2D eigenvalue weighted by molar-refractivity contribution is 9.10.